The van der Waals surface area contributed by atoms with Crippen molar-refractivity contribution in [2.45, 2.75) is 6.54 Å². The minimum atomic E-state index is 0.599. The molecule has 2 aromatic heterocycles. The molecular formula is C9H12N4O. The molecule has 0 saturated heterocycles. The molecule has 0 amide bonds. The van der Waals surface area contributed by atoms with Gasteiger partial charge in [-0.15, -0.1) is 0 Å². The minimum absolute atomic E-state index is 0.599. The first-order valence-electron chi connectivity index (χ1n) is 4.36. The third-order valence-corrected chi connectivity index (χ3v) is 2.00. The van der Waals surface area contributed by atoms with Crippen molar-refractivity contribution in [2.24, 2.45) is 0 Å². The van der Waals surface area contributed by atoms with Gasteiger partial charge in [0.05, 0.1) is 7.11 Å². The van der Waals surface area contributed by atoms with Gasteiger partial charge >= 0.3 is 0 Å². The van der Waals surface area contributed by atoms with Crippen molar-refractivity contribution in [3.8, 4) is 5.88 Å². The SMILES string of the molecule is CNCc1cc2c(OC)ncnn2c1. The van der Waals surface area contributed by atoms with E-state index < -0.39 is 0 Å². The number of hydrogen-bond acceptors (Lipinski definition) is 4. The third-order valence-electron chi connectivity index (χ3n) is 2.00. The standard InChI is InChI=1S/C9H12N4O/c1-10-4-7-3-8-9(14-2)11-6-12-13(8)5-7/h3,5-6,10H,4H2,1-2H3. The van der Waals surface area contributed by atoms with E-state index in [2.05, 4.69) is 15.4 Å². The van der Waals surface area contributed by atoms with Crippen LogP contribution in [0.1, 0.15) is 5.56 Å². The van der Waals surface area contributed by atoms with Crippen LogP contribution >= 0.6 is 0 Å². The highest BCUT2D eigenvalue weighted by atomic mass is 16.5. The van der Waals surface area contributed by atoms with Gasteiger partial charge in [-0.25, -0.2) is 4.52 Å². The summed E-state index contributed by atoms with van der Waals surface area (Å²) < 4.78 is 6.89. The maximum absolute atomic E-state index is 5.13. The van der Waals surface area contributed by atoms with Crippen LogP contribution in [0.3, 0.4) is 0 Å². The molecule has 0 aromatic carbocycles. The molecular weight excluding hydrogens is 180 g/mol. The zero-order chi connectivity index (χ0) is 9.97. The molecule has 0 radical (unpaired) electrons. The number of aromatic nitrogens is 3. The van der Waals surface area contributed by atoms with Crippen molar-refractivity contribution in [1.82, 2.24) is 19.9 Å². The van der Waals surface area contributed by atoms with Gasteiger partial charge in [-0.1, -0.05) is 0 Å². The van der Waals surface area contributed by atoms with Gasteiger partial charge in [-0.2, -0.15) is 10.1 Å². The lowest BCUT2D eigenvalue weighted by Crippen LogP contribution is -2.03. The second kappa shape index (κ2) is 3.63. The summed E-state index contributed by atoms with van der Waals surface area (Å²) in [4.78, 5) is 4.02. The molecule has 74 valence electrons. The average molecular weight is 192 g/mol. The Morgan fingerprint density at radius 3 is 3.14 bits per heavy atom. The lowest BCUT2D eigenvalue weighted by atomic mass is 10.3. The molecule has 2 aromatic rings. The van der Waals surface area contributed by atoms with Crippen molar-refractivity contribution < 1.29 is 4.74 Å². The van der Waals surface area contributed by atoms with Crippen molar-refractivity contribution in [3.05, 3.63) is 24.2 Å². The summed E-state index contributed by atoms with van der Waals surface area (Å²) in [6, 6.07) is 2.01. The van der Waals surface area contributed by atoms with Gasteiger partial charge in [-0.05, 0) is 18.7 Å². The van der Waals surface area contributed by atoms with E-state index >= 15 is 0 Å². The van der Waals surface area contributed by atoms with Crippen LogP contribution in [-0.4, -0.2) is 28.8 Å². The van der Waals surface area contributed by atoms with E-state index in [1.807, 2.05) is 19.3 Å². The monoisotopic (exact) mass is 192 g/mol. The van der Waals surface area contributed by atoms with E-state index in [0.717, 1.165) is 17.6 Å². The number of nitrogens with zero attached hydrogens (tertiary/aromatic N) is 3. The molecule has 0 aliphatic heterocycles. The summed E-state index contributed by atoms with van der Waals surface area (Å²) >= 11 is 0. The summed E-state index contributed by atoms with van der Waals surface area (Å²) in [5.41, 5.74) is 2.05. The Labute approximate surface area is 81.7 Å². The molecule has 5 heteroatoms. The zero-order valence-electron chi connectivity index (χ0n) is 8.19. The molecule has 0 unspecified atom stereocenters. The second-order valence-corrected chi connectivity index (χ2v) is 2.98. The Bertz CT molecular complexity index is 437. The smallest absolute Gasteiger partial charge is 0.241 e. The van der Waals surface area contributed by atoms with E-state index in [4.69, 9.17) is 4.74 Å². The Morgan fingerprint density at radius 1 is 1.57 bits per heavy atom. The number of fused-ring (bicyclic) bond motifs is 1. The van der Waals surface area contributed by atoms with Gasteiger partial charge in [0.2, 0.25) is 5.88 Å². The van der Waals surface area contributed by atoms with Gasteiger partial charge < -0.3 is 10.1 Å². The lowest BCUT2D eigenvalue weighted by molar-refractivity contribution is 0.399. The quantitative estimate of drug-likeness (QED) is 0.767. The normalized spacial score (nSPS) is 10.7. The molecule has 0 bridgehead atoms. The van der Waals surface area contributed by atoms with E-state index in [0.29, 0.717) is 5.88 Å². The van der Waals surface area contributed by atoms with Gasteiger partial charge in [0.1, 0.15) is 11.8 Å². The summed E-state index contributed by atoms with van der Waals surface area (Å²) in [7, 11) is 3.51. The van der Waals surface area contributed by atoms with Crippen molar-refractivity contribution in [2.75, 3.05) is 14.2 Å². The van der Waals surface area contributed by atoms with E-state index in [1.165, 1.54) is 6.33 Å². The fourth-order valence-electron chi connectivity index (χ4n) is 1.42. The minimum Gasteiger partial charge on any atom is -0.479 e. The molecule has 5 nitrogen and oxygen atoms in total. The Morgan fingerprint density at radius 2 is 2.43 bits per heavy atom. The Kier molecular flexibility index (Phi) is 2.32. The molecule has 0 atom stereocenters. The van der Waals surface area contributed by atoms with Crippen LogP contribution in [0.5, 0.6) is 5.88 Å². The largest absolute Gasteiger partial charge is 0.479 e. The maximum atomic E-state index is 5.13. The topological polar surface area (TPSA) is 51.5 Å². The van der Waals surface area contributed by atoms with Crippen molar-refractivity contribution in [1.29, 1.82) is 0 Å². The number of rotatable bonds is 3. The molecule has 0 fully saturated rings. The molecule has 0 saturated carbocycles. The number of ether oxygens (including phenoxy) is 1. The molecule has 1 N–H and O–H groups in total. The number of nitrogens with one attached hydrogen (secondary N) is 1. The molecule has 0 aliphatic rings. The van der Waals surface area contributed by atoms with Crippen LogP contribution in [0.25, 0.3) is 5.52 Å². The number of hydrogen-bond donors (Lipinski definition) is 1. The van der Waals surface area contributed by atoms with Crippen LogP contribution in [0.15, 0.2) is 18.6 Å². The first kappa shape index (κ1) is 8.96. The molecule has 2 rings (SSSR count). The average Bonchev–Trinajstić information content (AvgIpc) is 2.60. The summed E-state index contributed by atoms with van der Waals surface area (Å²) in [6.45, 7) is 0.812. The molecule has 14 heavy (non-hydrogen) atoms. The van der Waals surface area contributed by atoms with Crippen LogP contribution in [0.4, 0.5) is 0 Å². The summed E-state index contributed by atoms with van der Waals surface area (Å²) in [6.07, 6.45) is 3.44. The van der Waals surface area contributed by atoms with Crippen LogP contribution in [0, 0.1) is 0 Å². The fourth-order valence-corrected chi connectivity index (χ4v) is 1.42. The summed E-state index contributed by atoms with van der Waals surface area (Å²) in [5, 5.41) is 7.17. The van der Waals surface area contributed by atoms with Crippen LogP contribution in [0.2, 0.25) is 0 Å². The van der Waals surface area contributed by atoms with Gasteiger partial charge in [-0.3, -0.25) is 0 Å². The first-order chi connectivity index (χ1) is 6.85. The fraction of sp³-hybridized carbons (Fsp3) is 0.333. The third kappa shape index (κ3) is 1.42. The number of methoxy groups -OCH3 is 1. The zero-order valence-corrected chi connectivity index (χ0v) is 8.19. The predicted molar refractivity (Wildman–Crippen MR) is 52.3 cm³/mol. The van der Waals surface area contributed by atoms with E-state index in [1.54, 1.807) is 11.6 Å². The highest BCUT2D eigenvalue weighted by molar-refractivity contribution is 5.57. The first-order valence-corrected chi connectivity index (χ1v) is 4.36. The maximum Gasteiger partial charge on any atom is 0.241 e. The second-order valence-electron chi connectivity index (χ2n) is 2.98. The van der Waals surface area contributed by atoms with Gasteiger partial charge in [0.25, 0.3) is 0 Å². The molecule has 2 heterocycles. The van der Waals surface area contributed by atoms with Crippen LogP contribution < -0.4 is 10.1 Å². The van der Waals surface area contributed by atoms with E-state index in [9.17, 15) is 0 Å². The lowest BCUT2D eigenvalue weighted by Gasteiger charge is -1.98. The summed E-state index contributed by atoms with van der Waals surface area (Å²) in [5.74, 6) is 0.599. The van der Waals surface area contributed by atoms with Gasteiger partial charge in [0, 0.05) is 12.7 Å². The van der Waals surface area contributed by atoms with Crippen molar-refractivity contribution in [3.63, 3.8) is 0 Å². The highest BCUT2D eigenvalue weighted by Crippen LogP contribution is 2.17. The highest BCUT2D eigenvalue weighted by Gasteiger charge is 2.05. The Balaban J connectivity index is 2.52. The van der Waals surface area contributed by atoms with Gasteiger partial charge in [0.15, 0.2) is 0 Å². The van der Waals surface area contributed by atoms with Crippen LogP contribution in [-0.2, 0) is 6.54 Å². The molecule has 0 spiro atoms. The predicted octanol–water partition coefficient (Wildman–Crippen LogP) is 0.457. The van der Waals surface area contributed by atoms with Crippen molar-refractivity contribution >= 4 is 5.52 Å². The molecule has 0 aliphatic carbocycles. The van der Waals surface area contributed by atoms with E-state index in [-0.39, 0.29) is 0 Å². The Hall–Kier alpha value is -1.62.